The van der Waals surface area contributed by atoms with Crippen LogP contribution in [-0.4, -0.2) is 25.7 Å². The molecule has 0 unspecified atom stereocenters. The van der Waals surface area contributed by atoms with E-state index < -0.39 is 7.37 Å². The van der Waals surface area contributed by atoms with Crippen LogP contribution in [0.4, 0.5) is 4.39 Å². The van der Waals surface area contributed by atoms with Crippen molar-refractivity contribution < 1.29 is 18.3 Å². The van der Waals surface area contributed by atoms with E-state index in [-0.39, 0.29) is 18.2 Å². The van der Waals surface area contributed by atoms with E-state index in [1.807, 2.05) is 0 Å². The molecule has 0 aliphatic heterocycles. The molecule has 0 aliphatic rings. The number of hydrogen-bond acceptors (Lipinski definition) is 3. The Balaban J connectivity index is 2.78. The van der Waals surface area contributed by atoms with Crippen LogP contribution in [0.15, 0.2) is 18.2 Å². The molecule has 0 saturated carbocycles. The van der Waals surface area contributed by atoms with Gasteiger partial charge in [-0.15, -0.1) is 0 Å². The lowest BCUT2D eigenvalue weighted by atomic mass is 10.1. The molecule has 5 heteroatoms. The fourth-order valence-corrected chi connectivity index (χ4v) is 1.66. The summed E-state index contributed by atoms with van der Waals surface area (Å²) in [7, 11) is -2.66. The second-order valence-electron chi connectivity index (χ2n) is 3.91. The van der Waals surface area contributed by atoms with E-state index in [4.69, 9.17) is 4.52 Å². The lowest BCUT2D eigenvalue weighted by molar-refractivity contribution is 0.0923. The molecule has 0 heterocycles. The Labute approximate surface area is 94.1 Å². The maximum absolute atomic E-state index is 12.8. The third kappa shape index (κ3) is 3.87. The molecule has 0 atom stereocenters. The summed E-state index contributed by atoms with van der Waals surface area (Å²) >= 11 is 0. The number of hydrogen-bond donors (Lipinski definition) is 0. The number of halogens is 1. The van der Waals surface area contributed by atoms with E-state index in [0.29, 0.717) is 11.1 Å². The molecule has 3 nitrogen and oxygen atoms in total. The Kier molecular flexibility index (Phi) is 4.00. The smallest absolute Gasteiger partial charge is 0.197 e. The number of benzene rings is 1. The van der Waals surface area contributed by atoms with E-state index in [1.54, 1.807) is 6.92 Å². The second-order valence-corrected chi connectivity index (χ2v) is 6.67. The molecule has 16 heavy (non-hydrogen) atoms. The summed E-state index contributed by atoms with van der Waals surface area (Å²) in [5, 5.41) is 0. The predicted molar refractivity (Wildman–Crippen MR) is 60.9 cm³/mol. The standard InChI is InChI=1S/C11H14FO3P/c1-8-6-9(12)4-5-10(8)11(13)7-15-16(2,3)14/h4-6H,7H2,1-3H3. The number of carbonyl (C=O) groups is 1. The maximum atomic E-state index is 12.8. The van der Waals surface area contributed by atoms with Gasteiger partial charge in [-0.3, -0.25) is 9.36 Å². The van der Waals surface area contributed by atoms with Crippen molar-refractivity contribution in [3.05, 3.63) is 35.1 Å². The number of rotatable bonds is 4. The molecule has 1 rings (SSSR count). The predicted octanol–water partition coefficient (Wildman–Crippen LogP) is 2.87. The van der Waals surface area contributed by atoms with Gasteiger partial charge >= 0.3 is 0 Å². The molecular weight excluding hydrogens is 230 g/mol. The highest BCUT2D eigenvalue weighted by molar-refractivity contribution is 7.57. The van der Waals surface area contributed by atoms with E-state index in [9.17, 15) is 13.8 Å². The van der Waals surface area contributed by atoms with Crippen LogP contribution in [0.3, 0.4) is 0 Å². The molecule has 0 amide bonds. The molecule has 0 radical (unpaired) electrons. The van der Waals surface area contributed by atoms with Crippen LogP contribution in [-0.2, 0) is 9.09 Å². The first-order chi connectivity index (χ1) is 7.29. The highest BCUT2D eigenvalue weighted by Gasteiger charge is 2.14. The first-order valence-corrected chi connectivity index (χ1v) is 7.30. The van der Waals surface area contributed by atoms with E-state index in [1.165, 1.54) is 31.5 Å². The van der Waals surface area contributed by atoms with Crippen molar-refractivity contribution in [1.29, 1.82) is 0 Å². The number of aryl methyl sites for hydroxylation is 1. The van der Waals surface area contributed by atoms with Crippen molar-refractivity contribution >= 4 is 13.2 Å². The van der Waals surface area contributed by atoms with Gasteiger partial charge in [0.25, 0.3) is 0 Å². The highest BCUT2D eigenvalue weighted by Crippen LogP contribution is 2.37. The molecule has 0 aliphatic carbocycles. The minimum atomic E-state index is -2.66. The summed E-state index contributed by atoms with van der Waals surface area (Å²) in [6.07, 6.45) is 0. The third-order valence-electron chi connectivity index (χ3n) is 2.00. The Morgan fingerprint density at radius 2 is 2.06 bits per heavy atom. The van der Waals surface area contributed by atoms with E-state index >= 15 is 0 Å². The van der Waals surface area contributed by atoms with Crippen LogP contribution in [0.1, 0.15) is 15.9 Å². The summed E-state index contributed by atoms with van der Waals surface area (Å²) < 4.78 is 29.0. The van der Waals surface area contributed by atoms with Crippen molar-refractivity contribution in [2.24, 2.45) is 0 Å². The Bertz CT molecular complexity index is 451. The second kappa shape index (κ2) is 4.89. The summed E-state index contributed by atoms with van der Waals surface area (Å²) in [6, 6.07) is 3.91. The minimum absolute atomic E-state index is 0.239. The topological polar surface area (TPSA) is 43.4 Å². The normalized spacial score (nSPS) is 11.5. The SMILES string of the molecule is Cc1cc(F)ccc1C(=O)COP(C)(C)=O. The van der Waals surface area contributed by atoms with Gasteiger partial charge in [-0.1, -0.05) is 0 Å². The summed E-state index contributed by atoms with van der Waals surface area (Å²) in [4.78, 5) is 11.7. The number of carbonyl (C=O) groups excluding carboxylic acids is 1. The van der Waals surface area contributed by atoms with Gasteiger partial charge in [-0.25, -0.2) is 4.39 Å². The molecule has 0 aromatic heterocycles. The highest BCUT2D eigenvalue weighted by atomic mass is 31.2. The summed E-state index contributed by atoms with van der Waals surface area (Å²) in [5.74, 6) is -0.673. The van der Waals surface area contributed by atoms with Crippen molar-refractivity contribution in [2.75, 3.05) is 19.9 Å². The number of ketones is 1. The van der Waals surface area contributed by atoms with Crippen molar-refractivity contribution in [1.82, 2.24) is 0 Å². The number of Topliss-reactive ketones (excluding diaryl/α,β-unsaturated/α-hetero) is 1. The lowest BCUT2D eigenvalue weighted by Gasteiger charge is -2.08. The zero-order valence-electron chi connectivity index (χ0n) is 9.49. The summed E-state index contributed by atoms with van der Waals surface area (Å²) in [5.41, 5.74) is 0.950. The summed E-state index contributed by atoms with van der Waals surface area (Å²) in [6.45, 7) is 4.29. The maximum Gasteiger partial charge on any atom is 0.197 e. The van der Waals surface area contributed by atoms with E-state index in [2.05, 4.69) is 0 Å². The fraction of sp³-hybridized carbons (Fsp3) is 0.364. The molecule has 0 bridgehead atoms. The van der Waals surface area contributed by atoms with Crippen molar-refractivity contribution in [2.45, 2.75) is 6.92 Å². The van der Waals surface area contributed by atoms with Gasteiger partial charge in [-0.05, 0) is 30.7 Å². The minimum Gasteiger partial charge on any atom is -0.320 e. The zero-order chi connectivity index (χ0) is 12.3. The Morgan fingerprint density at radius 3 is 2.56 bits per heavy atom. The Hall–Kier alpha value is -0.990. The average Bonchev–Trinajstić information content (AvgIpc) is 2.13. The molecular formula is C11H14FO3P. The van der Waals surface area contributed by atoms with Gasteiger partial charge < -0.3 is 4.52 Å². The first-order valence-electron chi connectivity index (χ1n) is 4.78. The van der Waals surface area contributed by atoms with Crippen molar-refractivity contribution in [3.8, 4) is 0 Å². The average molecular weight is 244 g/mol. The van der Waals surface area contributed by atoms with Crippen molar-refractivity contribution in [3.63, 3.8) is 0 Å². The van der Waals surface area contributed by atoms with Crippen LogP contribution in [0, 0.1) is 12.7 Å². The van der Waals surface area contributed by atoms with Gasteiger partial charge in [0, 0.05) is 18.9 Å². The van der Waals surface area contributed by atoms with Gasteiger partial charge in [0.05, 0.1) is 0 Å². The largest absolute Gasteiger partial charge is 0.320 e. The van der Waals surface area contributed by atoms with Crippen LogP contribution in [0.2, 0.25) is 0 Å². The van der Waals surface area contributed by atoms with E-state index in [0.717, 1.165) is 0 Å². The molecule has 1 aromatic rings. The zero-order valence-corrected chi connectivity index (χ0v) is 10.4. The molecule has 88 valence electrons. The van der Waals surface area contributed by atoms with Gasteiger partial charge in [0.1, 0.15) is 12.4 Å². The van der Waals surface area contributed by atoms with Crippen LogP contribution >= 0.6 is 7.37 Å². The molecule has 0 spiro atoms. The molecule has 0 N–H and O–H groups in total. The van der Waals surface area contributed by atoms with Crippen LogP contribution < -0.4 is 0 Å². The lowest BCUT2D eigenvalue weighted by Crippen LogP contribution is -2.09. The first kappa shape index (κ1) is 13.1. The molecule has 0 fully saturated rings. The molecule has 1 aromatic carbocycles. The van der Waals surface area contributed by atoms with Gasteiger partial charge in [-0.2, -0.15) is 0 Å². The van der Waals surface area contributed by atoms with Gasteiger partial charge in [0.2, 0.25) is 0 Å². The fourth-order valence-electron chi connectivity index (χ4n) is 1.23. The monoisotopic (exact) mass is 244 g/mol. The quantitative estimate of drug-likeness (QED) is 0.604. The molecule has 0 saturated heterocycles. The Morgan fingerprint density at radius 1 is 1.44 bits per heavy atom. The third-order valence-corrected chi connectivity index (χ3v) is 2.75. The van der Waals surface area contributed by atoms with Crippen LogP contribution in [0.25, 0.3) is 0 Å². The van der Waals surface area contributed by atoms with Crippen LogP contribution in [0.5, 0.6) is 0 Å². The van der Waals surface area contributed by atoms with Gasteiger partial charge in [0.15, 0.2) is 13.2 Å².